The van der Waals surface area contributed by atoms with Gasteiger partial charge in [-0.15, -0.1) is 0 Å². The number of anilines is 1. The average Bonchev–Trinajstić information content (AvgIpc) is 3.21. The molecular formula is C26H25BrN2O4S. The van der Waals surface area contributed by atoms with Gasteiger partial charge in [-0.3, -0.25) is 4.90 Å². The van der Waals surface area contributed by atoms with E-state index < -0.39 is 26.1 Å². The molecule has 5 rings (SSSR count). The first kappa shape index (κ1) is 22.9. The highest BCUT2D eigenvalue weighted by Crippen LogP contribution is 2.63. The largest absolute Gasteiger partial charge is 0.444 e. The molecule has 1 saturated heterocycles. The maximum absolute atomic E-state index is 13.9. The number of ether oxygens (including phenoxy) is 1. The van der Waals surface area contributed by atoms with E-state index in [9.17, 15) is 13.2 Å². The second-order valence-corrected chi connectivity index (χ2v) is 12.0. The Hall–Kier alpha value is -2.84. The molecule has 2 unspecified atom stereocenters. The number of likely N-dealkylation sites (tertiary alicyclic amines) is 1. The number of nitrogens with zero attached hydrogens (tertiary/aromatic N) is 2. The van der Waals surface area contributed by atoms with Crippen molar-refractivity contribution >= 4 is 37.7 Å². The molecule has 0 spiro atoms. The molecular weight excluding hydrogens is 516 g/mol. The first-order chi connectivity index (χ1) is 16.3. The Bertz CT molecular complexity index is 1320. The Kier molecular flexibility index (Phi) is 5.68. The van der Waals surface area contributed by atoms with Gasteiger partial charge in [0.1, 0.15) is 12.3 Å². The van der Waals surface area contributed by atoms with Gasteiger partial charge in [0.15, 0.2) is 0 Å². The summed E-state index contributed by atoms with van der Waals surface area (Å²) < 4.78 is 34.2. The minimum atomic E-state index is -3.86. The van der Waals surface area contributed by atoms with Gasteiger partial charge >= 0.3 is 6.09 Å². The maximum Gasteiger partial charge on any atom is 0.412 e. The quantitative estimate of drug-likeness (QED) is 0.407. The smallest absolute Gasteiger partial charge is 0.412 e. The summed E-state index contributed by atoms with van der Waals surface area (Å²) in [4.78, 5) is 14.9. The molecule has 0 bridgehead atoms. The van der Waals surface area contributed by atoms with E-state index >= 15 is 0 Å². The number of para-hydroxylation sites is 1. The molecule has 2 atom stereocenters. The second kappa shape index (κ2) is 8.43. The predicted molar refractivity (Wildman–Crippen MR) is 135 cm³/mol. The summed E-state index contributed by atoms with van der Waals surface area (Å²) in [5.41, 5.74) is 1.78. The highest BCUT2D eigenvalue weighted by atomic mass is 79.9. The molecule has 1 amide bonds. The van der Waals surface area contributed by atoms with Crippen LogP contribution in [0.3, 0.4) is 0 Å². The summed E-state index contributed by atoms with van der Waals surface area (Å²) in [5, 5.41) is 0. The van der Waals surface area contributed by atoms with E-state index in [0.29, 0.717) is 24.2 Å². The van der Waals surface area contributed by atoms with E-state index in [4.69, 9.17) is 4.74 Å². The number of hydrogen-bond donors (Lipinski definition) is 0. The van der Waals surface area contributed by atoms with Crippen molar-refractivity contribution in [2.45, 2.75) is 35.7 Å². The minimum absolute atomic E-state index is 0.116. The van der Waals surface area contributed by atoms with Crippen LogP contribution < -0.4 is 4.31 Å². The molecule has 6 nitrogen and oxygen atoms in total. The van der Waals surface area contributed by atoms with E-state index in [-0.39, 0.29) is 12.4 Å². The molecule has 2 aliphatic heterocycles. The van der Waals surface area contributed by atoms with Crippen LogP contribution in [0.5, 0.6) is 0 Å². The Balaban J connectivity index is 1.54. The third-order valence-corrected chi connectivity index (χ3v) is 10.2. The van der Waals surface area contributed by atoms with Crippen LogP contribution in [0.4, 0.5) is 10.5 Å². The van der Waals surface area contributed by atoms with Crippen molar-refractivity contribution in [1.29, 1.82) is 0 Å². The lowest BCUT2D eigenvalue weighted by Gasteiger charge is -2.44. The van der Waals surface area contributed by atoms with Crippen molar-refractivity contribution in [3.8, 4) is 0 Å². The summed E-state index contributed by atoms with van der Waals surface area (Å²) in [5.74, 6) is -0.173. The second-order valence-electron chi connectivity index (χ2n) is 8.79. The van der Waals surface area contributed by atoms with Gasteiger partial charge in [-0.2, -0.15) is 0 Å². The number of halogens is 1. The lowest BCUT2D eigenvalue weighted by atomic mass is 9.91. The van der Waals surface area contributed by atoms with E-state index in [1.54, 1.807) is 30.0 Å². The number of fused-ring (bicyclic) bond motifs is 3. The zero-order valence-corrected chi connectivity index (χ0v) is 21.1. The van der Waals surface area contributed by atoms with Gasteiger partial charge in [-0.1, -0.05) is 94.8 Å². The lowest BCUT2D eigenvalue weighted by Crippen LogP contribution is -2.62. The Morgan fingerprint density at radius 2 is 1.53 bits per heavy atom. The van der Waals surface area contributed by atoms with Gasteiger partial charge in [-0.25, -0.2) is 17.5 Å². The fourth-order valence-electron chi connectivity index (χ4n) is 5.15. The van der Waals surface area contributed by atoms with Crippen LogP contribution >= 0.6 is 15.9 Å². The monoisotopic (exact) mass is 540 g/mol. The molecule has 0 aliphatic carbocycles. The van der Waals surface area contributed by atoms with Crippen LogP contribution in [0.1, 0.15) is 30.0 Å². The minimum Gasteiger partial charge on any atom is -0.444 e. The molecule has 0 radical (unpaired) electrons. The molecule has 0 N–H and O–H groups in total. The molecule has 1 fully saturated rings. The van der Waals surface area contributed by atoms with Gasteiger partial charge in [-0.05, 0) is 36.1 Å². The number of carbonyl (C=O) groups is 1. The van der Waals surface area contributed by atoms with Crippen LogP contribution in [0.2, 0.25) is 0 Å². The summed E-state index contributed by atoms with van der Waals surface area (Å²) in [6.07, 6.45) is 0.0126. The van der Waals surface area contributed by atoms with Crippen molar-refractivity contribution < 1.29 is 17.9 Å². The van der Waals surface area contributed by atoms with Crippen LogP contribution in [0, 0.1) is 0 Å². The fourth-order valence-corrected chi connectivity index (χ4v) is 8.17. The summed E-state index contributed by atoms with van der Waals surface area (Å²) in [6.45, 7) is 2.29. The summed E-state index contributed by atoms with van der Waals surface area (Å²) in [7, 11) is -3.86. The Morgan fingerprint density at radius 3 is 2.21 bits per heavy atom. The van der Waals surface area contributed by atoms with Crippen molar-refractivity contribution in [2.24, 2.45) is 0 Å². The SMILES string of the molecule is CC12N(C(=O)OCc3ccccc3)CCC1(Br)c1ccccc1N2S(=O)(=O)Cc1ccccc1. The molecule has 2 heterocycles. The molecule has 3 aromatic rings. The maximum atomic E-state index is 13.9. The standard InChI is InChI=1S/C26H25BrN2O4S/c1-25-26(27,16-17-28(25)24(30)33-18-20-10-4-2-5-11-20)22-14-8-9-15-23(22)29(25)34(31,32)19-21-12-6-3-7-13-21/h2-15H,16-19H2,1H3. The van der Waals surface area contributed by atoms with Crippen LogP contribution in [-0.2, 0) is 31.4 Å². The van der Waals surface area contributed by atoms with Crippen LogP contribution in [0.15, 0.2) is 84.9 Å². The topological polar surface area (TPSA) is 66.9 Å². The summed E-state index contributed by atoms with van der Waals surface area (Å²) in [6, 6.07) is 26.0. The van der Waals surface area contributed by atoms with Crippen molar-refractivity contribution in [2.75, 3.05) is 10.8 Å². The van der Waals surface area contributed by atoms with Gasteiger partial charge in [0.2, 0.25) is 10.0 Å². The van der Waals surface area contributed by atoms with Gasteiger partial charge < -0.3 is 4.74 Å². The summed E-state index contributed by atoms with van der Waals surface area (Å²) >= 11 is 3.90. The van der Waals surface area contributed by atoms with Gasteiger partial charge in [0.25, 0.3) is 0 Å². The van der Waals surface area contributed by atoms with Crippen molar-refractivity contribution in [3.05, 3.63) is 102 Å². The van der Waals surface area contributed by atoms with Crippen molar-refractivity contribution in [3.63, 3.8) is 0 Å². The number of alkyl halides is 1. The van der Waals surface area contributed by atoms with Gasteiger partial charge in [0, 0.05) is 6.54 Å². The predicted octanol–water partition coefficient (Wildman–Crippen LogP) is 5.39. The molecule has 176 valence electrons. The number of carbonyl (C=O) groups excluding carboxylic acids is 1. The molecule has 0 aromatic heterocycles. The van der Waals surface area contributed by atoms with Crippen LogP contribution in [-0.4, -0.2) is 31.6 Å². The van der Waals surface area contributed by atoms with Crippen molar-refractivity contribution in [1.82, 2.24) is 4.90 Å². The first-order valence-electron chi connectivity index (χ1n) is 11.1. The molecule has 2 aliphatic rings. The molecule has 3 aromatic carbocycles. The zero-order chi connectivity index (χ0) is 24.0. The number of benzene rings is 3. The van der Waals surface area contributed by atoms with E-state index in [1.807, 2.05) is 66.7 Å². The number of amides is 1. The Morgan fingerprint density at radius 1 is 0.941 bits per heavy atom. The fraction of sp³-hybridized carbons (Fsp3) is 0.269. The average molecular weight is 541 g/mol. The number of hydrogen-bond acceptors (Lipinski definition) is 4. The highest BCUT2D eigenvalue weighted by Gasteiger charge is 2.69. The number of rotatable bonds is 5. The Labute approximate surface area is 208 Å². The van der Waals surface area contributed by atoms with E-state index in [0.717, 1.165) is 11.1 Å². The lowest BCUT2D eigenvalue weighted by molar-refractivity contribution is 0.0704. The normalized spacial score (nSPS) is 23.5. The first-order valence-corrected chi connectivity index (χ1v) is 13.5. The van der Waals surface area contributed by atoms with Gasteiger partial charge in [0.05, 0.1) is 15.8 Å². The highest BCUT2D eigenvalue weighted by molar-refractivity contribution is 9.09. The third-order valence-electron chi connectivity index (χ3n) is 6.80. The van der Waals surface area contributed by atoms with E-state index in [2.05, 4.69) is 15.9 Å². The molecule has 0 saturated carbocycles. The molecule has 8 heteroatoms. The zero-order valence-electron chi connectivity index (χ0n) is 18.7. The molecule has 34 heavy (non-hydrogen) atoms. The number of sulfonamides is 1. The van der Waals surface area contributed by atoms with E-state index in [1.165, 1.54) is 4.31 Å². The third kappa shape index (κ3) is 3.51. The van der Waals surface area contributed by atoms with Crippen LogP contribution in [0.25, 0.3) is 0 Å².